The molecule has 1 heterocycles. The molecule has 4 nitrogen and oxygen atoms in total. The van der Waals surface area contributed by atoms with Gasteiger partial charge in [-0.3, -0.25) is 9.78 Å². The second-order valence-corrected chi connectivity index (χ2v) is 6.45. The van der Waals surface area contributed by atoms with Crippen LogP contribution >= 0.6 is 23.2 Å². The molecule has 3 rings (SSSR count). The Morgan fingerprint density at radius 1 is 1.24 bits per heavy atom. The Morgan fingerprint density at radius 3 is 2.80 bits per heavy atom. The molecular weight excluding hydrogens is 359 g/mol. The number of hydrogen-bond acceptors (Lipinski definition) is 3. The maximum atomic E-state index is 11.3. The maximum Gasteiger partial charge on any atom is 0.221 e. The number of rotatable bonds is 4. The van der Waals surface area contributed by atoms with Crippen LogP contribution in [0.25, 0.3) is 10.8 Å². The van der Waals surface area contributed by atoms with Crippen LogP contribution in [-0.2, 0) is 11.4 Å². The molecule has 1 N–H and O–H groups in total. The van der Waals surface area contributed by atoms with Crippen LogP contribution in [0, 0.1) is 6.92 Å². The number of amides is 1. The Labute approximate surface area is 155 Å². The molecule has 0 bridgehead atoms. The summed E-state index contributed by atoms with van der Waals surface area (Å²) in [5.41, 5.74) is 2.04. The van der Waals surface area contributed by atoms with E-state index in [0.29, 0.717) is 21.3 Å². The summed E-state index contributed by atoms with van der Waals surface area (Å²) < 4.78 is 5.97. The minimum atomic E-state index is -0.201. The number of carbonyl (C=O) groups excluding carboxylic acids is 1. The van der Waals surface area contributed by atoms with E-state index < -0.39 is 0 Å². The number of pyridine rings is 1. The Hall–Kier alpha value is -2.30. The molecule has 0 aliphatic rings. The van der Waals surface area contributed by atoms with Gasteiger partial charge in [-0.15, -0.1) is 0 Å². The summed E-state index contributed by atoms with van der Waals surface area (Å²) in [6, 6.07) is 11.1. The van der Waals surface area contributed by atoms with E-state index in [1.165, 1.54) is 6.92 Å². The van der Waals surface area contributed by atoms with Gasteiger partial charge in [-0.2, -0.15) is 0 Å². The van der Waals surface area contributed by atoms with E-state index in [2.05, 4.69) is 10.3 Å². The fourth-order valence-corrected chi connectivity index (χ4v) is 3.06. The molecular formula is C19H16Cl2N2O2. The summed E-state index contributed by atoms with van der Waals surface area (Å²) in [4.78, 5) is 15.6. The summed E-state index contributed by atoms with van der Waals surface area (Å²) in [7, 11) is 0. The third kappa shape index (κ3) is 3.86. The predicted octanol–water partition coefficient (Wildman–Crippen LogP) is 5.39. The lowest BCUT2D eigenvalue weighted by molar-refractivity contribution is -0.114. The quantitative estimate of drug-likeness (QED) is 0.665. The number of carbonyl (C=O) groups is 1. The summed E-state index contributed by atoms with van der Waals surface area (Å²) in [5, 5.41) is 5.51. The number of nitrogens with zero attached hydrogens (tertiary/aromatic N) is 1. The normalized spacial score (nSPS) is 10.7. The van der Waals surface area contributed by atoms with E-state index in [9.17, 15) is 4.79 Å². The van der Waals surface area contributed by atoms with E-state index in [1.54, 1.807) is 12.1 Å². The largest absolute Gasteiger partial charge is 0.488 e. The highest BCUT2D eigenvalue weighted by molar-refractivity contribution is 6.38. The van der Waals surface area contributed by atoms with Crippen molar-refractivity contribution in [2.24, 2.45) is 0 Å². The van der Waals surface area contributed by atoms with Gasteiger partial charge in [0.25, 0.3) is 0 Å². The zero-order chi connectivity index (χ0) is 18.0. The molecule has 0 atom stereocenters. The number of ether oxygens (including phenoxy) is 1. The first-order valence-corrected chi connectivity index (χ1v) is 8.44. The molecule has 1 aromatic heterocycles. The standard InChI is InChI=1S/C19H16Cl2N2O2/c1-11-8-14-13(9-22-11)4-3-5-18(14)25-10-15-16(20)6-7-17(19(15)21)23-12(2)24/h3-9H,10H2,1-2H3,(H,23,24). The number of hydrogen-bond donors (Lipinski definition) is 1. The predicted molar refractivity (Wildman–Crippen MR) is 102 cm³/mol. The van der Waals surface area contributed by atoms with Gasteiger partial charge in [0, 0.05) is 40.2 Å². The van der Waals surface area contributed by atoms with Gasteiger partial charge in [0.05, 0.1) is 10.7 Å². The Bertz CT molecular complexity index is 958. The van der Waals surface area contributed by atoms with Crippen molar-refractivity contribution in [1.29, 1.82) is 0 Å². The lowest BCUT2D eigenvalue weighted by atomic mass is 10.1. The number of aromatic nitrogens is 1. The van der Waals surface area contributed by atoms with Crippen molar-refractivity contribution >= 4 is 45.6 Å². The van der Waals surface area contributed by atoms with Crippen molar-refractivity contribution in [2.75, 3.05) is 5.32 Å². The monoisotopic (exact) mass is 374 g/mol. The Kier molecular flexibility index (Phi) is 5.11. The van der Waals surface area contributed by atoms with Crippen molar-refractivity contribution in [3.63, 3.8) is 0 Å². The van der Waals surface area contributed by atoms with Gasteiger partial charge in [0.2, 0.25) is 5.91 Å². The molecule has 0 saturated carbocycles. The zero-order valence-electron chi connectivity index (χ0n) is 13.8. The van der Waals surface area contributed by atoms with Crippen LogP contribution < -0.4 is 10.1 Å². The van der Waals surface area contributed by atoms with E-state index in [0.717, 1.165) is 22.2 Å². The minimum absolute atomic E-state index is 0.186. The fourth-order valence-electron chi connectivity index (χ4n) is 2.54. The highest BCUT2D eigenvalue weighted by Crippen LogP contribution is 2.34. The average molecular weight is 375 g/mol. The second kappa shape index (κ2) is 7.30. The number of aryl methyl sites for hydroxylation is 1. The molecule has 128 valence electrons. The smallest absolute Gasteiger partial charge is 0.221 e. The van der Waals surface area contributed by atoms with E-state index >= 15 is 0 Å². The molecule has 0 aliphatic heterocycles. The number of halogens is 2. The molecule has 25 heavy (non-hydrogen) atoms. The van der Waals surface area contributed by atoms with Gasteiger partial charge in [-0.1, -0.05) is 35.3 Å². The topological polar surface area (TPSA) is 51.2 Å². The number of nitrogens with one attached hydrogen (secondary N) is 1. The maximum absolute atomic E-state index is 11.3. The van der Waals surface area contributed by atoms with Gasteiger partial charge in [-0.05, 0) is 31.2 Å². The van der Waals surface area contributed by atoms with Crippen LogP contribution in [0.4, 0.5) is 5.69 Å². The fraction of sp³-hybridized carbons (Fsp3) is 0.158. The Morgan fingerprint density at radius 2 is 2.04 bits per heavy atom. The van der Waals surface area contributed by atoms with Crippen LogP contribution in [0.15, 0.2) is 42.6 Å². The average Bonchev–Trinajstić information content (AvgIpc) is 2.57. The zero-order valence-corrected chi connectivity index (χ0v) is 15.3. The SMILES string of the molecule is CC(=O)Nc1ccc(Cl)c(COc2cccc3cnc(C)cc23)c1Cl. The van der Waals surface area contributed by atoms with Gasteiger partial charge in [0.1, 0.15) is 12.4 Å². The third-order valence-corrected chi connectivity index (χ3v) is 4.51. The van der Waals surface area contributed by atoms with Crippen molar-refractivity contribution < 1.29 is 9.53 Å². The van der Waals surface area contributed by atoms with Crippen molar-refractivity contribution in [3.05, 3.63) is 63.9 Å². The number of benzene rings is 2. The lowest BCUT2D eigenvalue weighted by Crippen LogP contribution is -2.08. The van der Waals surface area contributed by atoms with Crippen LogP contribution in [0.1, 0.15) is 18.2 Å². The first kappa shape index (κ1) is 17.5. The van der Waals surface area contributed by atoms with Gasteiger partial charge < -0.3 is 10.1 Å². The molecule has 0 saturated heterocycles. The number of fused-ring (bicyclic) bond motifs is 1. The van der Waals surface area contributed by atoms with Gasteiger partial charge in [0.15, 0.2) is 0 Å². The third-order valence-electron chi connectivity index (χ3n) is 3.73. The van der Waals surface area contributed by atoms with Gasteiger partial charge in [-0.25, -0.2) is 0 Å². The minimum Gasteiger partial charge on any atom is -0.488 e. The molecule has 0 radical (unpaired) electrons. The molecule has 6 heteroatoms. The molecule has 2 aromatic carbocycles. The summed E-state index contributed by atoms with van der Waals surface area (Å²) in [6.45, 7) is 3.54. The summed E-state index contributed by atoms with van der Waals surface area (Å²) >= 11 is 12.6. The van der Waals surface area contributed by atoms with E-state index in [4.69, 9.17) is 27.9 Å². The first-order valence-electron chi connectivity index (χ1n) is 7.68. The second-order valence-electron chi connectivity index (χ2n) is 5.66. The van der Waals surface area contributed by atoms with Crippen LogP contribution in [0.5, 0.6) is 5.75 Å². The van der Waals surface area contributed by atoms with E-state index in [1.807, 2.05) is 37.4 Å². The van der Waals surface area contributed by atoms with Crippen LogP contribution in [0.2, 0.25) is 10.0 Å². The van der Waals surface area contributed by atoms with E-state index in [-0.39, 0.29) is 12.5 Å². The lowest BCUT2D eigenvalue weighted by Gasteiger charge is -2.14. The van der Waals surface area contributed by atoms with Crippen molar-refractivity contribution in [2.45, 2.75) is 20.5 Å². The van der Waals surface area contributed by atoms with Crippen molar-refractivity contribution in [3.8, 4) is 5.75 Å². The molecule has 0 fully saturated rings. The highest BCUT2D eigenvalue weighted by atomic mass is 35.5. The number of anilines is 1. The van der Waals surface area contributed by atoms with Crippen LogP contribution in [0.3, 0.4) is 0 Å². The molecule has 0 spiro atoms. The highest BCUT2D eigenvalue weighted by Gasteiger charge is 2.13. The van der Waals surface area contributed by atoms with Crippen molar-refractivity contribution in [1.82, 2.24) is 4.98 Å². The summed E-state index contributed by atoms with van der Waals surface area (Å²) in [5.74, 6) is 0.521. The van der Waals surface area contributed by atoms with Crippen LogP contribution in [-0.4, -0.2) is 10.9 Å². The molecule has 1 amide bonds. The molecule has 0 aliphatic carbocycles. The Balaban J connectivity index is 1.92. The van der Waals surface area contributed by atoms with Gasteiger partial charge >= 0.3 is 0 Å². The summed E-state index contributed by atoms with van der Waals surface area (Å²) in [6.07, 6.45) is 1.81. The molecule has 0 unspecified atom stereocenters. The first-order chi connectivity index (χ1) is 12.0. The molecule has 3 aromatic rings.